The number of halogens is 3. The summed E-state index contributed by atoms with van der Waals surface area (Å²) in [5.41, 5.74) is 6.27. The number of hydrogen-bond acceptors (Lipinski definition) is 5. The molecule has 10 heteroatoms. The largest absolute Gasteiger partial charge is 0.481 e. The zero-order valence-corrected chi connectivity index (χ0v) is 21.5. The van der Waals surface area contributed by atoms with E-state index >= 15 is 0 Å². The van der Waals surface area contributed by atoms with Crippen LogP contribution in [0.5, 0.6) is 0 Å². The van der Waals surface area contributed by atoms with E-state index in [1.807, 2.05) is 19.1 Å². The van der Waals surface area contributed by atoms with Crippen LogP contribution in [-0.4, -0.2) is 49.7 Å². The Morgan fingerprint density at radius 2 is 1.70 bits per heavy atom. The van der Waals surface area contributed by atoms with Crippen LogP contribution in [0, 0.1) is 16.6 Å². The lowest BCUT2D eigenvalue weighted by atomic mass is 9.90. The van der Waals surface area contributed by atoms with E-state index in [4.69, 9.17) is 5.73 Å². The number of rotatable bonds is 12. The van der Waals surface area contributed by atoms with Crippen molar-refractivity contribution in [1.82, 2.24) is 16.0 Å². The summed E-state index contributed by atoms with van der Waals surface area (Å²) in [5.74, 6) is -1.82. The van der Waals surface area contributed by atoms with Crippen molar-refractivity contribution in [2.45, 2.75) is 19.4 Å². The summed E-state index contributed by atoms with van der Waals surface area (Å²) in [6, 6.07) is 3.41. The lowest BCUT2D eigenvalue weighted by Crippen LogP contribution is -2.42. The molecule has 0 aliphatic carbocycles. The van der Waals surface area contributed by atoms with Crippen molar-refractivity contribution >= 4 is 79.6 Å². The van der Waals surface area contributed by atoms with Gasteiger partial charge in [-0.1, -0.05) is 6.92 Å². The van der Waals surface area contributed by atoms with Gasteiger partial charge in [-0.25, -0.2) is 0 Å². The minimum absolute atomic E-state index is 0.133. The smallest absolute Gasteiger partial charge is 0.308 e. The summed E-state index contributed by atoms with van der Waals surface area (Å²) in [7, 11) is 0. The van der Waals surface area contributed by atoms with E-state index in [-0.39, 0.29) is 12.5 Å². The molecule has 1 aromatic carbocycles. The van der Waals surface area contributed by atoms with Crippen molar-refractivity contribution in [3.05, 3.63) is 28.4 Å². The fourth-order valence-corrected chi connectivity index (χ4v) is 6.86. The summed E-state index contributed by atoms with van der Waals surface area (Å²) >= 11 is 6.64. The SMILES string of the molecule is CCC(C(=O)O)C(NC(=O)CNCCNCCN)c1c(I)cc(I)cc1I. The molecule has 0 aliphatic heterocycles. The Kier molecular flexibility index (Phi) is 12.6. The third-order valence-corrected chi connectivity index (χ3v) is 6.32. The predicted molar refractivity (Wildman–Crippen MR) is 132 cm³/mol. The highest BCUT2D eigenvalue weighted by Crippen LogP contribution is 2.33. The van der Waals surface area contributed by atoms with Crippen LogP contribution in [0.2, 0.25) is 0 Å². The molecule has 0 saturated carbocycles. The Labute approximate surface area is 200 Å². The molecule has 7 nitrogen and oxygen atoms in total. The normalized spacial score (nSPS) is 13.2. The number of nitrogens with two attached hydrogens (primary N) is 1. The first-order valence-corrected chi connectivity index (χ1v) is 11.8. The van der Waals surface area contributed by atoms with E-state index in [9.17, 15) is 14.7 Å². The standard InChI is InChI=1S/C17H25I3N4O3/c1-2-11(17(26)27)16(15-12(19)7-10(18)8-13(15)20)24-14(25)9-23-6-5-22-4-3-21/h7-8,11,16,22-23H,2-6,9,21H2,1H3,(H,24,25)(H,26,27). The maximum absolute atomic E-state index is 12.4. The average Bonchev–Trinajstić information content (AvgIpc) is 2.57. The van der Waals surface area contributed by atoms with Gasteiger partial charge in [0.15, 0.2) is 0 Å². The number of carbonyl (C=O) groups is 2. The zero-order valence-electron chi connectivity index (χ0n) is 15.0. The molecule has 1 rings (SSSR count). The number of aliphatic carboxylic acids is 1. The molecule has 0 aromatic heterocycles. The third-order valence-electron chi connectivity index (χ3n) is 3.92. The minimum atomic E-state index is -0.910. The van der Waals surface area contributed by atoms with Crippen molar-refractivity contribution in [3.8, 4) is 0 Å². The molecule has 0 heterocycles. The number of benzene rings is 1. The summed E-state index contributed by atoms with van der Waals surface area (Å²) < 4.78 is 2.98. The van der Waals surface area contributed by atoms with E-state index in [1.54, 1.807) is 0 Å². The second-order valence-electron chi connectivity index (χ2n) is 5.90. The lowest BCUT2D eigenvalue weighted by molar-refractivity contribution is -0.143. The number of carbonyl (C=O) groups excluding carboxylic acids is 1. The van der Waals surface area contributed by atoms with Gasteiger partial charge in [0.2, 0.25) is 5.91 Å². The molecule has 0 radical (unpaired) electrons. The number of carboxylic acids is 1. The molecule has 6 N–H and O–H groups in total. The second-order valence-corrected chi connectivity index (χ2v) is 9.47. The summed E-state index contributed by atoms with van der Waals surface area (Å²) in [5, 5.41) is 18.8. The van der Waals surface area contributed by atoms with Crippen molar-refractivity contribution in [1.29, 1.82) is 0 Å². The molecule has 0 spiro atoms. The van der Waals surface area contributed by atoms with Gasteiger partial charge in [-0.2, -0.15) is 0 Å². The van der Waals surface area contributed by atoms with Crippen LogP contribution in [0.15, 0.2) is 12.1 Å². The molecule has 0 fully saturated rings. The van der Waals surface area contributed by atoms with Crippen LogP contribution in [0.1, 0.15) is 24.9 Å². The van der Waals surface area contributed by atoms with Gasteiger partial charge < -0.3 is 26.8 Å². The third kappa shape index (κ3) is 8.64. The molecule has 2 atom stereocenters. The van der Waals surface area contributed by atoms with Crippen molar-refractivity contribution in [3.63, 3.8) is 0 Å². The Balaban J connectivity index is 2.88. The molecule has 1 amide bonds. The van der Waals surface area contributed by atoms with Crippen molar-refractivity contribution in [2.24, 2.45) is 11.7 Å². The maximum Gasteiger partial charge on any atom is 0.308 e. The second kappa shape index (κ2) is 13.5. The summed E-state index contributed by atoms with van der Waals surface area (Å²) in [6.45, 7) is 4.61. The van der Waals surface area contributed by atoms with Gasteiger partial charge in [0, 0.05) is 42.5 Å². The Morgan fingerprint density at radius 1 is 1.11 bits per heavy atom. The van der Waals surface area contributed by atoms with Gasteiger partial charge in [0.05, 0.1) is 18.5 Å². The van der Waals surface area contributed by atoms with Crippen LogP contribution in [0.25, 0.3) is 0 Å². The Bertz CT molecular complexity index is 623. The highest BCUT2D eigenvalue weighted by molar-refractivity contribution is 14.1. The maximum atomic E-state index is 12.4. The number of amides is 1. The molecule has 0 bridgehead atoms. The molecule has 27 heavy (non-hydrogen) atoms. The van der Waals surface area contributed by atoms with Gasteiger partial charge in [-0.3, -0.25) is 9.59 Å². The first kappa shape index (κ1) is 25.3. The quantitative estimate of drug-likeness (QED) is 0.167. The van der Waals surface area contributed by atoms with Crippen LogP contribution in [0.4, 0.5) is 0 Å². The van der Waals surface area contributed by atoms with E-state index in [0.717, 1.165) is 22.8 Å². The van der Waals surface area contributed by atoms with E-state index in [0.29, 0.717) is 26.1 Å². The monoisotopic (exact) mass is 714 g/mol. The first-order chi connectivity index (χ1) is 12.8. The number of hydrogen-bond donors (Lipinski definition) is 5. The topological polar surface area (TPSA) is 116 Å². The van der Waals surface area contributed by atoms with Crippen molar-refractivity contribution in [2.75, 3.05) is 32.7 Å². The zero-order chi connectivity index (χ0) is 20.4. The summed E-state index contributed by atoms with van der Waals surface area (Å²) in [4.78, 5) is 24.2. The van der Waals surface area contributed by atoms with Gasteiger partial charge in [-0.05, 0) is 86.3 Å². The van der Waals surface area contributed by atoms with Crippen molar-refractivity contribution < 1.29 is 14.7 Å². The van der Waals surface area contributed by atoms with E-state index in [2.05, 4.69) is 83.7 Å². The Hall–Kier alpha value is 0.230. The molecule has 2 unspecified atom stereocenters. The number of nitrogens with one attached hydrogen (secondary N) is 3. The molecular formula is C17H25I3N4O3. The predicted octanol–water partition coefficient (Wildman–Crippen LogP) is 1.91. The highest BCUT2D eigenvalue weighted by Gasteiger charge is 2.32. The molecular weight excluding hydrogens is 689 g/mol. The first-order valence-electron chi connectivity index (χ1n) is 8.59. The molecule has 0 saturated heterocycles. The van der Waals surface area contributed by atoms with Crippen LogP contribution >= 0.6 is 67.8 Å². The van der Waals surface area contributed by atoms with Crippen LogP contribution < -0.4 is 21.7 Å². The van der Waals surface area contributed by atoms with Gasteiger partial charge in [0.25, 0.3) is 0 Å². The molecule has 152 valence electrons. The minimum Gasteiger partial charge on any atom is -0.481 e. The van der Waals surface area contributed by atoms with Crippen LogP contribution in [0.3, 0.4) is 0 Å². The van der Waals surface area contributed by atoms with Gasteiger partial charge in [-0.15, -0.1) is 0 Å². The van der Waals surface area contributed by atoms with Crippen LogP contribution in [-0.2, 0) is 9.59 Å². The Morgan fingerprint density at radius 3 is 2.22 bits per heavy atom. The average molecular weight is 714 g/mol. The summed E-state index contributed by atoms with van der Waals surface area (Å²) in [6.07, 6.45) is 0.425. The highest BCUT2D eigenvalue weighted by atomic mass is 127. The van der Waals surface area contributed by atoms with Gasteiger partial charge in [0.1, 0.15) is 0 Å². The lowest BCUT2D eigenvalue weighted by Gasteiger charge is -2.27. The fraction of sp³-hybridized carbons (Fsp3) is 0.529. The number of carboxylic acid groups (broad SMARTS) is 1. The van der Waals surface area contributed by atoms with E-state index < -0.39 is 17.9 Å². The fourth-order valence-electron chi connectivity index (χ4n) is 2.61. The van der Waals surface area contributed by atoms with E-state index in [1.165, 1.54) is 0 Å². The molecule has 1 aromatic rings. The molecule has 0 aliphatic rings. The van der Waals surface area contributed by atoms with Gasteiger partial charge >= 0.3 is 5.97 Å².